The second-order valence-electron chi connectivity index (χ2n) is 11.5. The maximum absolute atomic E-state index is 7.12. The summed E-state index contributed by atoms with van der Waals surface area (Å²) in [5, 5.41) is 2.93. The van der Waals surface area contributed by atoms with Crippen LogP contribution in [0.3, 0.4) is 0 Å². The van der Waals surface area contributed by atoms with E-state index in [1.54, 1.807) is 0 Å². The van der Waals surface area contributed by atoms with E-state index in [1.165, 1.54) is 10.4 Å². The van der Waals surface area contributed by atoms with E-state index in [-0.39, 0.29) is 0 Å². The summed E-state index contributed by atoms with van der Waals surface area (Å²) in [5.74, 6) is 0. The molecule has 4 heterocycles. The van der Waals surface area contributed by atoms with E-state index < -0.39 is 33.2 Å². The molecule has 0 aliphatic rings. The molecule has 9 heteroatoms. The van der Waals surface area contributed by atoms with Crippen LogP contribution in [0.1, 0.15) is 55.4 Å². The molecule has 41 heavy (non-hydrogen) atoms. The Kier molecular flexibility index (Phi) is 15.3. The van der Waals surface area contributed by atoms with Crippen LogP contribution in [-0.4, -0.2) is 45.9 Å². The molecule has 0 radical (unpaired) electrons. The van der Waals surface area contributed by atoms with Gasteiger partial charge >= 0.3 is 24.0 Å². The van der Waals surface area contributed by atoms with Gasteiger partial charge < -0.3 is 0 Å². The molecule has 0 bridgehead atoms. The molecular formula is C32H46FeN4O2Si2. The summed E-state index contributed by atoms with van der Waals surface area (Å²) in [6.07, 6.45) is 7.76. The van der Waals surface area contributed by atoms with Crippen LogP contribution in [0.4, 0.5) is 0 Å². The van der Waals surface area contributed by atoms with Gasteiger partial charge in [0.05, 0.1) is 40.4 Å². The summed E-state index contributed by atoms with van der Waals surface area (Å²) in [4.78, 5) is 17.9. The summed E-state index contributed by atoms with van der Waals surface area (Å²) in [6, 6.07) is 20.6. The van der Waals surface area contributed by atoms with Crippen molar-refractivity contribution in [2.75, 3.05) is 0 Å². The first kappa shape index (κ1) is 34.7. The molecule has 4 aromatic rings. The molecule has 0 amide bonds. The molecule has 222 valence electrons. The van der Waals surface area contributed by atoms with Gasteiger partial charge in [0.15, 0.2) is 0 Å². The topological polar surface area (TPSA) is 92.0 Å². The Morgan fingerprint density at radius 1 is 0.488 bits per heavy atom. The molecular weight excluding hydrogens is 584 g/mol. The van der Waals surface area contributed by atoms with E-state index in [0.29, 0.717) is 0 Å². The molecule has 6 nitrogen and oxygen atoms in total. The second kappa shape index (κ2) is 18.1. The van der Waals surface area contributed by atoms with Crippen molar-refractivity contribution in [2.24, 2.45) is 0 Å². The Morgan fingerprint density at radius 3 is 1.02 bits per heavy atom. The van der Waals surface area contributed by atoms with E-state index >= 15 is 0 Å². The number of hydrogen-bond acceptors (Lipinski definition) is 6. The van der Waals surface area contributed by atoms with Gasteiger partial charge in [0.25, 0.3) is 0 Å². The predicted molar refractivity (Wildman–Crippen MR) is 173 cm³/mol. The summed E-state index contributed by atoms with van der Waals surface area (Å²) in [7, 11) is -1.87. The van der Waals surface area contributed by atoms with Crippen molar-refractivity contribution in [3.05, 3.63) is 85.5 Å². The van der Waals surface area contributed by atoms with E-state index in [4.69, 9.17) is 8.38 Å². The maximum atomic E-state index is 7.12. The fourth-order valence-electron chi connectivity index (χ4n) is 5.62. The summed E-state index contributed by atoms with van der Waals surface area (Å²) < 4.78 is 14.2. The number of aromatic nitrogens is 4. The van der Waals surface area contributed by atoms with Gasteiger partial charge in [-0.05, 0) is 68.9 Å². The molecule has 0 aromatic carbocycles. The molecule has 0 saturated carbocycles. The van der Waals surface area contributed by atoms with Crippen molar-refractivity contribution in [3.63, 3.8) is 0 Å². The third-order valence-electron chi connectivity index (χ3n) is 7.07. The number of rotatable bonds is 8. The third-order valence-corrected chi connectivity index (χ3v) is 15.0. The van der Waals surface area contributed by atoms with Crippen molar-refractivity contribution in [3.8, 4) is 22.8 Å². The normalized spacial score (nSPS) is 11.2. The molecule has 0 unspecified atom stereocenters. The van der Waals surface area contributed by atoms with Crippen molar-refractivity contribution < 1.29 is 24.0 Å². The molecule has 0 spiro atoms. The number of hydrogen-bond donors (Lipinski definition) is 2. The second-order valence-corrected chi connectivity index (χ2v) is 20.5. The van der Waals surface area contributed by atoms with Gasteiger partial charge in [-0.3, -0.25) is 19.9 Å². The SMILES string of the molecule is CC(C)[SiH](c1ccc(-c2ccccn2)nc1)C(C)C.CC(C)[SiH](c1ccc(-c2ccccn2)nc1)C(C)C.[OH][Fe][OH]. The monoisotopic (exact) mass is 630 g/mol. The van der Waals surface area contributed by atoms with E-state index in [2.05, 4.69) is 112 Å². The van der Waals surface area contributed by atoms with Gasteiger partial charge in [-0.25, -0.2) is 0 Å². The summed E-state index contributed by atoms with van der Waals surface area (Å²) >= 11 is -0.750. The van der Waals surface area contributed by atoms with Gasteiger partial charge in [0, 0.05) is 24.8 Å². The van der Waals surface area contributed by atoms with Crippen LogP contribution < -0.4 is 10.4 Å². The van der Waals surface area contributed by atoms with Crippen LogP contribution in [0.25, 0.3) is 22.8 Å². The molecule has 0 aliphatic carbocycles. The van der Waals surface area contributed by atoms with E-state index in [1.807, 2.05) is 48.8 Å². The van der Waals surface area contributed by atoms with Crippen LogP contribution in [0.5, 0.6) is 0 Å². The van der Waals surface area contributed by atoms with Crippen LogP contribution in [0, 0.1) is 0 Å². The van der Waals surface area contributed by atoms with Crippen molar-refractivity contribution in [1.82, 2.24) is 19.9 Å². The van der Waals surface area contributed by atoms with Crippen LogP contribution in [0.15, 0.2) is 85.5 Å². The predicted octanol–water partition coefficient (Wildman–Crippen LogP) is 5.68. The fraction of sp³-hybridized carbons (Fsp3) is 0.375. The van der Waals surface area contributed by atoms with Crippen LogP contribution in [-0.2, 0) is 15.6 Å². The molecule has 0 fully saturated rings. The third kappa shape index (κ3) is 11.0. The number of nitrogens with zero attached hydrogens (tertiary/aromatic N) is 4. The van der Waals surface area contributed by atoms with Crippen LogP contribution >= 0.6 is 0 Å². The van der Waals surface area contributed by atoms with Gasteiger partial charge in [-0.1, -0.05) is 79.7 Å². The molecule has 0 saturated heterocycles. The van der Waals surface area contributed by atoms with E-state index in [0.717, 1.165) is 44.9 Å². The molecule has 0 aliphatic heterocycles. The van der Waals surface area contributed by atoms with Crippen molar-refractivity contribution in [1.29, 1.82) is 0 Å². The van der Waals surface area contributed by atoms with Gasteiger partial charge in [-0.2, -0.15) is 0 Å². The first-order valence-electron chi connectivity index (χ1n) is 14.2. The van der Waals surface area contributed by atoms with Crippen molar-refractivity contribution >= 4 is 28.0 Å². The van der Waals surface area contributed by atoms with Crippen LogP contribution in [0.2, 0.25) is 22.2 Å². The zero-order valence-corrected chi connectivity index (χ0v) is 29.0. The minimum atomic E-state index is -0.936. The summed E-state index contributed by atoms with van der Waals surface area (Å²) in [5.41, 5.74) is 6.88. The molecule has 4 aromatic heterocycles. The minimum absolute atomic E-state index is 0.750. The molecule has 4 rings (SSSR count). The average Bonchev–Trinajstić information content (AvgIpc) is 2.95. The van der Waals surface area contributed by atoms with Gasteiger partial charge in [0.2, 0.25) is 0 Å². The van der Waals surface area contributed by atoms with E-state index in [9.17, 15) is 0 Å². The first-order chi connectivity index (χ1) is 19.6. The first-order valence-corrected chi connectivity index (χ1v) is 19.1. The Bertz CT molecular complexity index is 1130. The van der Waals surface area contributed by atoms with Gasteiger partial charge in [-0.15, -0.1) is 0 Å². The average molecular weight is 631 g/mol. The Labute approximate surface area is 256 Å². The number of pyridine rings is 4. The standard InChI is InChI=1S/2C16H22N2Si.Fe.2H2O/c2*1-12(2)19(13(3)4)14-8-9-16(18-11-14)15-7-5-6-10-17-15;;;/h2*5-13,19H,1-4H3;;2*1H2/q;;+2;;/p-2. The zero-order valence-electron chi connectivity index (χ0n) is 25.6. The van der Waals surface area contributed by atoms with Crippen molar-refractivity contribution in [2.45, 2.75) is 77.6 Å². The summed E-state index contributed by atoms with van der Waals surface area (Å²) in [6.45, 7) is 18.7. The Morgan fingerprint density at radius 2 is 0.805 bits per heavy atom. The Balaban J connectivity index is 0.000000262. The fourth-order valence-corrected chi connectivity index (χ4v) is 12.9. The van der Waals surface area contributed by atoms with Gasteiger partial charge in [0.1, 0.15) is 0 Å². The molecule has 2 N–H and O–H groups in total. The zero-order chi connectivity index (χ0) is 30.4. The molecule has 0 atom stereocenters. The Hall–Kier alpha value is -2.53. The quantitative estimate of drug-likeness (QED) is 0.244.